The lowest BCUT2D eigenvalue weighted by Crippen LogP contribution is -2.46. The molecule has 0 aromatic rings. The molecule has 0 heterocycles. The van der Waals surface area contributed by atoms with Crippen LogP contribution in [0, 0.1) is 11.8 Å². The number of hydrogen-bond acceptors (Lipinski definition) is 2. The van der Waals surface area contributed by atoms with E-state index in [1.807, 2.05) is 0 Å². The lowest BCUT2D eigenvalue weighted by Gasteiger charge is -2.35. The molecule has 2 heteroatoms. The molecule has 3 unspecified atom stereocenters. The summed E-state index contributed by atoms with van der Waals surface area (Å²) in [6.07, 6.45) is 6.71. The van der Waals surface area contributed by atoms with Crippen LogP contribution in [0.3, 0.4) is 0 Å². The molecule has 16 heavy (non-hydrogen) atoms. The van der Waals surface area contributed by atoms with Gasteiger partial charge in [-0.15, -0.1) is 0 Å². The molecule has 0 spiro atoms. The minimum absolute atomic E-state index is 0.616. The Morgan fingerprint density at radius 3 is 2.50 bits per heavy atom. The summed E-state index contributed by atoms with van der Waals surface area (Å²) >= 11 is 0. The first-order valence-electron chi connectivity index (χ1n) is 6.90. The van der Waals surface area contributed by atoms with Gasteiger partial charge in [0.05, 0.1) is 0 Å². The maximum atomic E-state index is 5.20. The van der Waals surface area contributed by atoms with E-state index in [2.05, 4.69) is 26.1 Å². The predicted molar refractivity (Wildman–Crippen MR) is 69.7 cm³/mol. The smallest absolute Gasteiger partial charge is 0.0477 e. The summed E-state index contributed by atoms with van der Waals surface area (Å²) in [5.41, 5.74) is 0. The molecular formula is C14H29NO. The molecule has 0 aromatic heterocycles. The van der Waals surface area contributed by atoms with Crippen molar-refractivity contribution in [1.29, 1.82) is 0 Å². The second-order valence-electron chi connectivity index (χ2n) is 5.67. The first-order chi connectivity index (χ1) is 7.65. The van der Waals surface area contributed by atoms with Crippen molar-refractivity contribution in [2.24, 2.45) is 11.8 Å². The third-order valence-corrected chi connectivity index (χ3v) is 3.98. The quantitative estimate of drug-likeness (QED) is 0.752. The van der Waals surface area contributed by atoms with Crippen LogP contribution in [-0.2, 0) is 4.74 Å². The van der Waals surface area contributed by atoms with E-state index in [9.17, 15) is 0 Å². The molecule has 0 aromatic carbocycles. The number of ether oxygens (including phenoxy) is 1. The third kappa shape index (κ3) is 4.42. The van der Waals surface area contributed by atoms with Gasteiger partial charge in [0, 0.05) is 25.8 Å². The molecule has 0 saturated heterocycles. The lowest BCUT2D eigenvalue weighted by atomic mass is 9.84. The van der Waals surface area contributed by atoms with E-state index in [1.165, 1.54) is 25.7 Å². The SMILES string of the molecule is COCCC(NC1CCCCC1C)C(C)C. The van der Waals surface area contributed by atoms with Crippen molar-refractivity contribution in [3.8, 4) is 0 Å². The normalized spacial score (nSPS) is 28.3. The summed E-state index contributed by atoms with van der Waals surface area (Å²) in [5.74, 6) is 1.54. The van der Waals surface area contributed by atoms with Gasteiger partial charge in [0.1, 0.15) is 0 Å². The third-order valence-electron chi connectivity index (χ3n) is 3.98. The van der Waals surface area contributed by atoms with Crippen molar-refractivity contribution >= 4 is 0 Å². The maximum Gasteiger partial charge on any atom is 0.0477 e. The minimum Gasteiger partial charge on any atom is -0.385 e. The Morgan fingerprint density at radius 1 is 1.25 bits per heavy atom. The van der Waals surface area contributed by atoms with Crippen LogP contribution < -0.4 is 5.32 Å². The molecule has 0 bridgehead atoms. The standard InChI is InChI=1S/C14H29NO/c1-11(2)13(9-10-16-4)15-14-8-6-5-7-12(14)3/h11-15H,5-10H2,1-4H3. The van der Waals surface area contributed by atoms with Crippen LogP contribution in [-0.4, -0.2) is 25.8 Å². The first-order valence-corrected chi connectivity index (χ1v) is 6.90. The molecule has 1 aliphatic rings. The molecular weight excluding hydrogens is 198 g/mol. The van der Waals surface area contributed by atoms with Crippen LogP contribution in [0.15, 0.2) is 0 Å². The summed E-state index contributed by atoms with van der Waals surface area (Å²) in [5, 5.41) is 3.86. The summed E-state index contributed by atoms with van der Waals surface area (Å²) < 4.78 is 5.20. The molecule has 0 aliphatic heterocycles. The van der Waals surface area contributed by atoms with Gasteiger partial charge in [-0.25, -0.2) is 0 Å². The van der Waals surface area contributed by atoms with Crippen LogP contribution in [0.4, 0.5) is 0 Å². The molecule has 3 atom stereocenters. The molecule has 1 saturated carbocycles. The number of hydrogen-bond donors (Lipinski definition) is 1. The second kappa shape index (κ2) is 7.29. The average molecular weight is 227 g/mol. The topological polar surface area (TPSA) is 21.3 Å². The molecule has 0 amide bonds. The van der Waals surface area contributed by atoms with Crippen molar-refractivity contribution in [3.63, 3.8) is 0 Å². The van der Waals surface area contributed by atoms with Gasteiger partial charge in [0.15, 0.2) is 0 Å². The Labute approximate surface area is 101 Å². The highest BCUT2D eigenvalue weighted by Gasteiger charge is 2.24. The molecule has 1 fully saturated rings. The largest absolute Gasteiger partial charge is 0.385 e. The van der Waals surface area contributed by atoms with Gasteiger partial charge in [-0.1, -0.05) is 33.6 Å². The van der Waals surface area contributed by atoms with E-state index in [0.717, 1.165) is 25.0 Å². The molecule has 2 nitrogen and oxygen atoms in total. The van der Waals surface area contributed by atoms with Crippen LogP contribution >= 0.6 is 0 Å². The Kier molecular flexibility index (Phi) is 6.37. The van der Waals surface area contributed by atoms with Gasteiger partial charge in [0.25, 0.3) is 0 Å². The van der Waals surface area contributed by atoms with E-state index in [0.29, 0.717) is 12.0 Å². The zero-order chi connectivity index (χ0) is 12.0. The van der Waals surface area contributed by atoms with E-state index in [1.54, 1.807) is 7.11 Å². The van der Waals surface area contributed by atoms with E-state index in [4.69, 9.17) is 4.74 Å². The van der Waals surface area contributed by atoms with Gasteiger partial charge in [-0.05, 0) is 31.1 Å². The molecule has 0 radical (unpaired) electrons. The van der Waals surface area contributed by atoms with Crippen LogP contribution in [0.2, 0.25) is 0 Å². The monoisotopic (exact) mass is 227 g/mol. The average Bonchev–Trinajstić information content (AvgIpc) is 2.26. The van der Waals surface area contributed by atoms with Crippen LogP contribution in [0.25, 0.3) is 0 Å². The summed E-state index contributed by atoms with van der Waals surface area (Å²) in [7, 11) is 1.79. The molecule has 1 N–H and O–H groups in total. The fourth-order valence-electron chi connectivity index (χ4n) is 2.69. The van der Waals surface area contributed by atoms with Gasteiger partial charge >= 0.3 is 0 Å². The molecule has 1 rings (SSSR count). The Balaban J connectivity index is 2.39. The maximum absolute atomic E-state index is 5.20. The second-order valence-corrected chi connectivity index (χ2v) is 5.67. The predicted octanol–water partition coefficient (Wildman–Crippen LogP) is 3.22. The minimum atomic E-state index is 0.616. The number of rotatable bonds is 6. The fourth-order valence-corrected chi connectivity index (χ4v) is 2.69. The number of methoxy groups -OCH3 is 1. The first kappa shape index (κ1) is 14.0. The highest BCUT2D eigenvalue weighted by Crippen LogP contribution is 2.25. The van der Waals surface area contributed by atoms with Crippen LogP contribution in [0.5, 0.6) is 0 Å². The zero-order valence-electron chi connectivity index (χ0n) is 11.5. The van der Waals surface area contributed by atoms with Crippen molar-refractivity contribution in [2.45, 2.75) is 65.0 Å². The van der Waals surface area contributed by atoms with E-state index in [-0.39, 0.29) is 0 Å². The van der Waals surface area contributed by atoms with Gasteiger partial charge in [-0.3, -0.25) is 0 Å². The van der Waals surface area contributed by atoms with Crippen molar-refractivity contribution in [3.05, 3.63) is 0 Å². The van der Waals surface area contributed by atoms with E-state index < -0.39 is 0 Å². The lowest BCUT2D eigenvalue weighted by molar-refractivity contribution is 0.159. The Bertz CT molecular complexity index is 182. The fraction of sp³-hybridized carbons (Fsp3) is 1.00. The van der Waals surface area contributed by atoms with Gasteiger partial charge < -0.3 is 10.1 Å². The highest BCUT2D eigenvalue weighted by atomic mass is 16.5. The molecule has 1 aliphatic carbocycles. The van der Waals surface area contributed by atoms with Gasteiger partial charge in [0.2, 0.25) is 0 Å². The zero-order valence-corrected chi connectivity index (χ0v) is 11.5. The van der Waals surface area contributed by atoms with Crippen molar-refractivity contribution in [2.75, 3.05) is 13.7 Å². The summed E-state index contributed by atoms with van der Waals surface area (Å²) in [6.45, 7) is 7.88. The molecule has 96 valence electrons. The van der Waals surface area contributed by atoms with Crippen LogP contribution in [0.1, 0.15) is 52.9 Å². The van der Waals surface area contributed by atoms with Crippen molar-refractivity contribution < 1.29 is 4.74 Å². The highest BCUT2D eigenvalue weighted by molar-refractivity contribution is 4.83. The summed E-state index contributed by atoms with van der Waals surface area (Å²) in [6, 6.07) is 1.35. The van der Waals surface area contributed by atoms with E-state index >= 15 is 0 Å². The summed E-state index contributed by atoms with van der Waals surface area (Å²) in [4.78, 5) is 0. The van der Waals surface area contributed by atoms with Crippen molar-refractivity contribution in [1.82, 2.24) is 5.32 Å². The Hall–Kier alpha value is -0.0800. The van der Waals surface area contributed by atoms with Gasteiger partial charge in [-0.2, -0.15) is 0 Å². The Morgan fingerprint density at radius 2 is 1.94 bits per heavy atom. The number of nitrogens with one attached hydrogen (secondary N) is 1.